The minimum Gasteiger partial charge on any atom is -0.496 e. The number of aliphatic carboxylic acids is 1. The van der Waals surface area contributed by atoms with Crippen LogP contribution in [0, 0.1) is 0 Å². The molecule has 0 saturated carbocycles. The number of hydrogen-bond donors (Lipinski definition) is 2. The Morgan fingerprint density at radius 2 is 2.22 bits per heavy atom. The van der Waals surface area contributed by atoms with Crippen LogP contribution in [0.4, 0.5) is 0 Å². The molecule has 18 heavy (non-hydrogen) atoms. The molecule has 4 nitrogen and oxygen atoms in total. The zero-order valence-corrected chi connectivity index (χ0v) is 12.2. The first-order chi connectivity index (χ1) is 8.49. The molecule has 1 atom stereocenters. The van der Waals surface area contributed by atoms with Gasteiger partial charge in [-0.15, -0.1) is 0 Å². The van der Waals surface area contributed by atoms with E-state index in [1.807, 2.05) is 19.1 Å². The highest BCUT2D eigenvalue weighted by atomic mass is 79.9. The van der Waals surface area contributed by atoms with E-state index in [-0.39, 0.29) is 12.5 Å². The lowest BCUT2D eigenvalue weighted by Crippen LogP contribution is -2.14. The average molecular weight is 316 g/mol. The van der Waals surface area contributed by atoms with Crippen molar-refractivity contribution in [2.45, 2.75) is 32.2 Å². The maximum absolute atomic E-state index is 10.6. The molecule has 0 amide bonds. The molecule has 1 aromatic carbocycles. The lowest BCUT2D eigenvalue weighted by atomic mass is 9.98. The third-order valence-electron chi connectivity index (χ3n) is 2.81. The first kappa shape index (κ1) is 15.0. The van der Waals surface area contributed by atoms with Crippen LogP contribution in [0.2, 0.25) is 0 Å². The summed E-state index contributed by atoms with van der Waals surface area (Å²) >= 11 is 3.44. The van der Waals surface area contributed by atoms with Crippen molar-refractivity contribution >= 4 is 21.9 Å². The zero-order chi connectivity index (χ0) is 13.7. The van der Waals surface area contributed by atoms with Crippen LogP contribution < -0.4 is 10.5 Å². The highest BCUT2D eigenvalue weighted by Gasteiger charge is 2.17. The van der Waals surface area contributed by atoms with Crippen molar-refractivity contribution < 1.29 is 14.6 Å². The van der Waals surface area contributed by atoms with Crippen LogP contribution in [0.15, 0.2) is 16.6 Å². The van der Waals surface area contributed by atoms with Crippen LogP contribution in [-0.4, -0.2) is 18.2 Å². The van der Waals surface area contributed by atoms with Crippen LogP contribution in [0.25, 0.3) is 0 Å². The predicted molar refractivity (Wildman–Crippen MR) is 73.9 cm³/mol. The van der Waals surface area contributed by atoms with E-state index in [0.29, 0.717) is 6.42 Å². The average Bonchev–Trinajstić information content (AvgIpc) is 2.34. The van der Waals surface area contributed by atoms with E-state index in [4.69, 9.17) is 15.6 Å². The maximum atomic E-state index is 10.6. The zero-order valence-electron chi connectivity index (χ0n) is 10.6. The minimum atomic E-state index is -0.838. The van der Waals surface area contributed by atoms with Crippen molar-refractivity contribution in [2.75, 3.05) is 7.11 Å². The molecule has 0 aromatic heterocycles. The Labute approximate surface area is 115 Å². The minimum absolute atomic E-state index is 0.0539. The number of nitrogens with two attached hydrogens (primary N) is 1. The third-order valence-corrected chi connectivity index (χ3v) is 3.27. The van der Waals surface area contributed by atoms with Crippen molar-refractivity contribution in [2.24, 2.45) is 5.73 Å². The van der Waals surface area contributed by atoms with Gasteiger partial charge in [-0.1, -0.05) is 22.9 Å². The van der Waals surface area contributed by atoms with Gasteiger partial charge in [-0.3, -0.25) is 4.79 Å². The van der Waals surface area contributed by atoms with Gasteiger partial charge in [0, 0.05) is 22.5 Å². The quantitative estimate of drug-likeness (QED) is 0.846. The molecule has 100 valence electrons. The normalized spacial score (nSPS) is 12.2. The van der Waals surface area contributed by atoms with E-state index in [1.54, 1.807) is 7.11 Å². The summed E-state index contributed by atoms with van der Waals surface area (Å²) < 4.78 is 6.33. The summed E-state index contributed by atoms with van der Waals surface area (Å²) in [6.45, 7) is 2.04. The van der Waals surface area contributed by atoms with Crippen LogP contribution in [0.1, 0.15) is 36.9 Å². The smallest absolute Gasteiger partial charge is 0.303 e. The third kappa shape index (κ3) is 3.71. The number of halogens is 1. The van der Waals surface area contributed by atoms with Gasteiger partial charge < -0.3 is 15.6 Å². The number of carboxylic acids is 1. The Morgan fingerprint density at radius 1 is 1.56 bits per heavy atom. The van der Waals surface area contributed by atoms with Crippen molar-refractivity contribution in [1.82, 2.24) is 0 Å². The van der Waals surface area contributed by atoms with Crippen molar-refractivity contribution in [3.8, 4) is 5.75 Å². The topological polar surface area (TPSA) is 72.6 Å². The molecular weight excluding hydrogens is 298 g/mol. The molecule has 0 fully saturated rings. The fourth-order valence-electron chi connectivity index (χ4n) is 1.89. The number of hydrogen-bond acceptors (Lipinski definition) is 3. The van der Waals surface area contributed by atoms with Gasteiger partial charge in [0.2, 0.25) is 0 Å². The monoisotopic (exact) mass is 315 g/mol. The summed E-state index contributed by atoms with van der Waals surface area (Å²) in [6, 6.07) is 3.55. The molecule has 0 radical (unpaired) electrons. The summed E-state index contributed by atoms with van der Waals surface area (Å²) in [6.07, 6.45) is 1.28. The highest BCUT2D eigenvalue weighted by Crippen LogP contribution is 2.33. The van der Waals surface area contributed by atoms with E-state index in [0.717, 1.165) is 27.8 Å². The number of carboxylic acid groups (broad SMARTS) is 1. The number of carbonyl (C=O) groups is 1. The molecular formula is C13H18BrNO3. The second-order valence-electron chi connectivity index (χ2n) is 4.08. The fourth-order valence-corrected chi connectivity index (χ4v) is 2.42. The predicted octanol–water partition coefficient (Wildman–Crippen LogP) is 2.88. The van der Waals surface area contributed by atoms with Gasteiger partial charge in [-0.05, 0) is 30.5 Å². The molecule has 0 bridgehead atoms. The lowest BCUT2D eigenvalue weighted by molar-refractivity contribution is -0.137. The van der Waals surface area contributed by atoms with Crippen molar-refractivity contribution in [3.05, 3.63) is 27.7 Å². The molecule has 0 aliphatic heterocycles. The van der Waals surface area contributed by atoms with Gasteiger partial charge in [0.1, 0.15) is 5.75 Å². The maximum Gasteiger partial charge on any atom is 0.303 e. The Bertz CT molecular complexity index is 434. The standard InChI is InChI=1S/C13H18BrNO3/c1-3-8-6-9(14)7-10(13(8)18-2)11(15)4-5-12(16)17/h6-7,11H,3-5,15H2,1-2H3,(H,16,17). The van der Waals surface area contributed by atoms with E-state index in [9.17, 15) is 4.79 Å². The molecule has 1 unspecified atom stereocenters. The van der Waals surface area contributed by atoms with Gasteiger partial charge in [-0.25, -0.2) is 0 Å². The molecule has 0 spiro atoms. The van der Waals surface area contributed by atoms with E-state index >= 15 is 0 Å². The van der Waals surface area contributed by atoms with Gasteiger partial charge in [0.25, 0.3) is 0 Å². The molecule has 3 N–H and O–H groups in total. The fraction of sp³-hybridized carbons (Fsp3) is 0.462. The SMILES string of the molecule is CCc1cc(Br)cc(C(N)CCC(=O)O)c1OC. The van der Waals surface area contributed by atoms with Crippen molar-refractivity contribution in [1.29, 1.82) is 0 Å². The number of rotatable bonds is 6. The second-order valence-corrected chi connectivity index (χ2v) is 5.00. The van der Waals surface area contributed by atoms with E-state index in [1.165, 1.54) is 0 Å². The molecule has 0 aliphatic carbocycles. The van der Waals surface area contributed by atoms with Gasteiger partial charge in [0.15, 0.2) is 0 Å². The Hall–Kier alpha value is -1.07. The second kappa shape index (κ2) is 6.75. The first-order valence-electron chi connectivity index (χ1n) is 5.83. The molecule has 5 heteroatoms. The number of methoxy groups -OCH3 is 1. The first-order valence-corrected chi connectivity index (χ1v) is 6.62. The van der Waals surface area contributed by atoms with E-state index in [2.05, 4.69) is 15.9 Å². The number of ether oxygens (including phenoxy) is 1. The molecule has 0 aliphatic rings. The Balaban J connectivity index is 3.05. The molecule has 0 saturated heterocycles. The van der Waals surface area contributed by atoms with Gasteiger partial charge >= 0.3 is 5.97 Å². The van der Waals surface area contributed by atoms with E-state index < -0.39 is 5.97 Å². The largest absolute Gasteiger partial charge is 0.496 e. The molecule has 1 rings (SSSR count). The summed E-state index contributed by atoms with van der Waals surface area (Å²) in [7, 11) is 1.61. The van der Waals surface area contributed by atoms with Crippen LogP contribution in [0.3, 0.4) is 0 Å². The van der Waals surface area contributed by atoms with Crippen molar-refractivity contribution in [3.63, 3.8) is 0 Å². The lowest BCUT2D eigenvalue weighted by Gasteiger charge is -2.18. The number of aryl methyl sites for hydroxylation is 1. The molecule has 0 heterocycles. The van der Waals surface area contributed by atoms with Crippen LogP contribution in [0.5, 0.6) is 5.75 Å². The van der Waals surface area contributed by atoms with Crippen LogP contribution >= 0.6 is 15.9 Å². The summed E-state index contributed by atoms with van der Waals surface area (Å²) in [5.41, 5.74) is 7.96. The molecule has 1 aromatic rings. The van der Waals surface area contributed by atoms with Crippen LogP contribution in [-0.2, 0) is 11.2 Å². The summed E-state index contributed by atoms with van der Waals surface area (Å²) in [5, 5.41) is 8.70. The van der Waals surface area contributed by atoms with Gasteiger partial charge in [0.05, 0.1) is 7.11 Å². The summed E-state index contributed by atoms with van der Waals surface area (Å²) in [5.74, 6) is -0.0753. The Kier molecular flexibility index (Phi) is 5.62. The number of benzene rings is 1. The van der Waals surface area contributed by atoms with Gasteiger partial charge in [-0.2, -0.15) is 0 Å². The highest BCUT2D eigenvalue weighted by molar-refractivity contribution is 9.10. The Morgan fingerprint density at radius 3 is 2.72 bits per heavy atom. The summed E-state index contributed by atoms with van der Waals surface area (Å²) in [4.78, 5) is 10.6.